The summed E-state index contributed by atoms with van der Waals surface area (Å²) in [5, 5.41) is 17.9. The molecular formula is C13H21N3O3S. The molecule has 0 aliphatic heterocycles. The highest BCUT2D eigenvalue weighted by molar-refractivity contribution is 7.89. The number of hydrogen-bond acceptors (Lipinski definition) is 5. The van der Waals surface area contributed by atoms with Crippen LogP contribution >= 0.6 is 0 Å². The van der Waals surface area contributed by atoms with E-state index in [0.29, 0.717) is 29.4 Å². The molecule has 20 heavy (non-hydrogen) atoms. The van der Waals surface area contributed by atoms with Crippen molar-refractivity contribution < 1.29 is 13.5 Å². The van der Waals surface area contributed by atoms with Crippen molar-refractivity contribution in [1.82, 2.24) is 0 Å². The van der Waals surface area contributed by atoms with Crippen LogP contribution in [0.15, 0.2) is 17.0 Å². The molecule has 7 heteroatoms. The second-order valence-corrected chi connectivity index (χ2v) is 6.98. The number of aliphatic hydroxyl groups is 1. The lowest BCUT2D eigenvalue weighted by Crippen LogP contribution is -2.17. The molecule has 6 nitrogen and oxygen atoms in total. The van der Waals surface area contributed by atoms with Crippen molar-refractivity contribution in [3.63, 3.8) is 0 Å². The molecule has 0 heterocycles. The average molecular weight is 299 g/mol. The molecule has 0 aromatic heterocycles. The molecular weight excluding hydrogens is 278 g/mol. The zero-order valence-electron chi connectivity index (χ0n) is 11.5. The van der Waals surface area contributed by atoms with Crippen LogP contribution in [0.3, 0.4) is 0 Å². The molecule has 1 saturated carbocycles. The molecule has 2 rings (SSSR count). The third-order valence-electron chi connectivity index (χ3n) is 3.78. The van der Waals surface area contributed by atoms with Crippen molar-refractivity contribution in [2.45, 2.75) is 37.2 Å². The highest BCUT2D eigenvalue weighted by Crippen LogP contribution is 2.29. The lowest BCUT2D eigenvalue weighted by molar-refractivity contribution is 0.178. The van der Waals surface area contributed by atoms with Gasteiger partial charge in [-0.05, 0) is 49.8 Å². The first-order chi connectivity index (χ1) is 9.27. The molecule has 2 atom stereocenters. The van der Waals surface area contributed by atoms with E-state index in [2.05, 4.69) is 5.32 Å². The molecule has 0 amide bonds. The quantitative estimate of drug-likeness (QED) is 0.613. The normalized spacial score (nSPS) is 22.9. The lowest BCUT2D eigenvalue weighted by Gasteiger charge is -2.16. The lowest BCUT2D eigenvalue weighted by atomic mass is 10.1. The minimum atomic E-state index is -3.78. The summed E-state index contributed by atoms with van der Waals surface area (Å²) in [5.74, 6) is 0.392. The Balaban J connectivity index is 2.18. The van der Waals surface area contributed by atoms with Crippen LogP contribution in [0.1, 0.15) is 24.8 Å². The molecule has 6 N–H and O–H groups in total. The summed E-state index contributed by atoms with van der Waals surface area (Å²) in [6, 6.07) is 3.07. The minimum absolute atomic E-state index is 0.0476. The van der Waals surface area contributed by atoms with E-state index in [4.69, 9.17) is 10.9 Å². The van der Waals surface area contributed by atoms with Gasteiger partial charge in [-0.25, -0.2) is 13.6 Å². The summed E-state index contributed by atoms with van der Waals surface area (Å²) in [4.78, 5) is 0.0476. The van der Waals surface area contributed by atoms with Crippen LogP contribution in [0.5, 0.6) is 0 Å². The van der Waals surface area contributed by atoms with Crippen molar-refractivity contribution in [3.05, 3.63) is 17.7 Å². The van der Waals surface area contributed by atoms with Crippen LogP contribution in [0.25, 0.3) is 0 Å². The number of primary sulfonamides is 1. The van der Waals surface area contributed by atoms with Gasteiger partial charge in [0.15, 0.2) is 0 Å². The van der Waals surface area contributed by atoms with Crippen molar-refractivity contribution in [1.29, 1.82) is 0 Å². The molecule has 112 valence electrons. The molecule has 1 fully saturated rings. The van der Waals surface area contributed by atoms with E-state index < -0.39 is 10.0 Å². The Kier molecular flexibility index (Phi) is 4.22. The molecule has 0 saturated heterocycles. The summed E-state index contributed by atoms with van der Waals surface area (Å²) in [7, 11) is -3.78. The third-order valence-corrected chi connectivity index (χ3v) is 4.82. The average Bonchev–Trinajstić information content (AvgIpc) is 2.74. The highest BCUT2D eigenvalue weighted by atomic mass is 32.2. The number of hydrogen-bond donors (Lipinski definition) is 4. The van der Waals surface area contributed by atoms with Crippen molar-refractivity contribution in [2.75, 3.05) is 17.6 Å². The van der Waals surface area contributed by atoms with Gasteiger partial charge < -0.3 is 16.2 Å². The first-order valence-corrected chi connectivity index (χ1v) is 8.17. The Hall–Kier alpha value is -1.31. The van der Waals surface area contributed by atoms with Crippen molar-refractivity contribution in [2.24, 2.45) is 11.1 Å². The third kappa shape index (κ3) is 3.41. The number of nitrogens with two attached hydrogens (primary N) is 2. The van der Waals surface area contributed by atoms with Gasteiger partial charge >= 0.3 is 0 Å². The van der Waals surface area contributed by atoms with Crippen LogP contribution in [0.4, 0.5) is 11.4 Å². The molecule has 1 aromatic rings. The summed E-state index contributed by atoms with van der Waals surface area (Å²) < 4.78 is 23.0. The molecule has 0 spiro atoms. The molecule has 1 aromatic carbocycles. The van der Waals surface area contributed by atoms with E-state index in [1.54, 1.807) is 13.0 Å². The van der Waals surface area contributed by atoms with Crippen LogP contribution in [0, 0.1) is 12.8 Å². The molecule has 1 aliphatic carbocycles. The SMILES string of the molecule is Cc1c(NCC2CCC(O)C2)cc(N)cc1S(N)(=O)=O. The van der Waals surface area contributed by atoms with Gasteiger partial charge in [-0.15, -0.1) is 0 Å². The number of nitrogens with one attached hydrogen (secondary N) is 1. The Morgan fingerprint density at radius 2 is 2.10 bits per heavy atom. The van der Waals surface area contributed by atoms with E-state index in [1.165, 1.54) is 6.07 Å². The van der Waals surface area contributed by atoms with Gasteiger partial charge in [0.1, 0.15) is 0 Å². The fourth-order valence-electron chi connectivity index (χ4n) is 2.68. The van der Waals surface area contributed by atoms with Crippen molar-refractivity contribution in [3.8, 4) is 0 Å². The predicted octanol–water partition coefficient (Wildman–Crippen LogP) is 0.798. The number of sulfonamides is 1. The summed E-state index contributed by atoms with van der Waals surface area (Å²) >= 11 is 0. The largest absolute Gasteiger partial charge is 0.399 e. The van der Waals surface area contributed by atoms with E-state index in [9.17, 15) is 13.5 Å². The van der Waals surface area contributed by atoms with Crippen LogP contribution < -0.4 is 16.2 Å². The summed E-state index contributed by atoms with van der Waals surface area (Å²) in [5.41, 5.74) is 7.33. The minimum Gasteiger partial charge on any atom is -0.399 e. The number of benzene rings is 1. The van der Waals surface area contributed by atoms with Gasteiger partial charge in [-0.3, -0.25) is 0 Å². The van der Waals surface area contributed by atoms with Crippen LogP contribution in [-0.4, -0.2) is 26.2 Å². The maximum absolute atomic E-state index is 11.5. The van der Waals surface area contributed by atoms with Crippen LogP contribution in [-0.2, 0) is 10.0 Å². The molecule has 0 radical (unpaired) electrons. The highest BCUT2D eigenvalue weighted by Gasteiger charge is 2.23. The molecule has 2 unspecified atom stereocenters. The first kappa shape index (κ1) is 15.1. The van der Waals surface area contributed by atoms with Crippen LogP contribution in [0.2, 0.25) is 0 Å². The topological polar surface area (TPSA) is 118 Å². The van der Waals surface area contributed by atoms with E-state index >= 15 is 0 Å². The fourth-order valence-corrected chi connectivity index (χ4v) is 3.51. The summed E-state index contributed by atoms with van der Waals surface area (Å²) in [6.07, 6.45) is 2.35. The number of nitrogen functional groups attached to an aromatic ring is 1. The zero-order chi connectivity index (χ0) is 14.9. The summed E-state index contributed by atoms with van der Waals surface area (Å²) in [6.45, 7) is 2.39. The van der Waals surface area contributed by atoms with Gasteiger partial charge in [-0.1, -0.05) is 0 Å². The first-order valence-electron chi connectivity index (χ1n) is 6.62. The monoisotopic (exact) mass is 299 g/mol. The van der Waals surface area contributed by atoms with E-state index in [-0.39, 0.29) is 11.0 Å². The maximum Gasteiger partial charge on any atom is 0.238 e. The van der Waals surface area contributed by atoms with Crippen molar-refractivity contribution >= 4 is 21.4 Å². The molecule has 0 bridgehead atoms. The number of aliphatic hydroxyl groups excluding tert-OH is 1. The Morgan fingerprint density at radius 1 is 1.40 bits per heavy atom. The van der Waals surface area contributed by atoms with Gasteiger partial charge in [0.2, 0.25) is 10.0 Å². The predicted molar refractivity (Wildman–Crippen MR) is 78.8 cm³/mol. The van der Waals surface area contributed by atoms with Gasteiger partial charge in [0.25, 0.3) is 0 Å². The Morgan fingerprint density at radius 3 is 2.65 bits per heavy atom. The number of anilines is 2. The number of rotatable bonds is 4. The zero-order valence-corrected chi connectivity index (χ0v) is 12.3. The maximum atomic E-state index is 11.5. The Labute approximate surface area is 119 Å². The van der Waals surface area contributed by atoms with Gasteiger partial charge in [0, 0.05) is 17.9 Å². The van der Waals surface area contributed by atoms with E-state index in [0.717, 1.165) is 19.3 Å². The Bertz CT molecular complexity index is 601. The van der Waals surface area contributed by atoms with E-state index in [1.807, 2.05) is 0 Å². The second kappa shape index (κ2) is 5.59. The van der Waals surface area contributed by atoms with Gasteiger partial charge in [-0.2, -0.15) is 0 Å². The standard InChI is InChI=1S/C13H21N3O3S/c1-8-12(16-7-9-2-3-11(17)4-9)5-10(14)6-13(8)20(15,18)19/h5-6,9,11,16-17H,2-4,7,14H2,1H3,(H2,15,18,19). The molecule has 1 aliphatic rings. The smallest absolute Gasteiger partial charge is 0.238 e. The van der Waals surface area contributed by atoms with Gasteiger partial charge in [0.05, 0.1) is 11.0 Å². The second-order valence-electron chi connectivity index (χ2n) is 5.45. The fraction of sp³-hybridized carbons (Fsp3) is 0.538.